The van der Waals surface area contributed by atoms with E-state index in [9.17, 15) is 0 Å². The average molecular weight is 418 g/mol. The minimum atomic E-state index is 0. The van der Waals surface area contributed by atoms with Crippen LogP contribution in [0.2, 0.25) is 0 Å². The third-order valence-corrected chi connectivity index (χ3v) is 4.00. The number of nitrogens with zero attached hydrogens (tertiary/aromatic N) is 1. The van der Waals surface area contributed by atoms with E-state index in [1.165, 1.54) is 0 Å². The lowest BCUT2D eigenvalue weighted by atomic mass is 10.2. The number of nitrogens with one attached hydrogen (secondary N) is 1. The number of aliphatic imine (C=N–C) groups is 1. The van der Waals surface area contributed by atoms with Crippen molar-refractivity contribution in [2.75, 3.05) is 12.4 Å². The molecule has 0 bridgehead atoms. The molecule has 0 aliphatic carbocycles. The molecule has 0 atom stereocenters. The Morgan fingerprint density at radius 2 is 1.52 bits per heavy atom. The highest BCUT2D eigenvalue weighted by Crippen LogP contribution is 2.20. The van der Waals surface area contributed by atoms with E-state index in [0.717, 1.165) is 33.0 Å². The van der Waals surface area contributed by atoms with Gasteiger partial charge in [-0.2, -0.15) is 0 Å². The predicted molar refractivity (Wildman–Crippen MR) is 111 cm³/mol. The molecule has 1 N–H and O–H groups in total. The van der Waals surface area contributed by atoms with E-state index in [4.69, 9.17) is 9.73 Å². The summed E-state index contributed by atoms with van der Waals surface area (Å²) in [5.41, 5.74) is 2.86. The summed E-state index contributed by atoms with van der Waals surface area (Å²) in [6, 6.07) is 25.8. The molecule has 128 valence electrons. The van der Waals surface area contributed by atoms with Crippen molar-refractivity contribution in [1.29, 1.82) is 0 Å². The summed E-state index contributed by atoms with van der Waals surface area (Å²) in [6.07, 6.45) is 0. The maximum absolute atomic E-state index is 5.23. The number of methoxy groups -OCH3 is 1. The molecule has 3 aromatic rings. The van der Waals surface area contributed by atoms with Crippen molar-refractivity contribution >= 4 is 45.5 Å². The number of hydrogen-bond donors (Lipinski definition) is 1. The number of anilines is 1. The van der Waals surface area contributed by atoms with Crippen LogP contribution in [0.4, 0.5) is 11.4 Å². The van der Waals surface area contributed by atoms with Gasteiger partial charge in [-0.25, -0.2) is 4.99 Å². The summed E-state index contributed by atoms with van der Waals surface area (Å²) in [5.74, 6) is 1.60. The largest absolute Gasteiger partial charge is 0.497 e. The molecule has 0 radical (unpaired) electrons. The van der Waals surface area contributed by atoms with Gasteiger partial charge in [-0.15, -0.1) is 12.4 Å². The topological polar surface area (TPSA) is 33.6 Å². The smallest absolute Gasteiger partial charge is 0.138 e. The van der Waals surface area contributed by atoms with E-state index >= 15 is 0 Å². The number of halogens is 2. The summed E-state index contributed by atoms with van der Waals surface area (Å²) in [7, 11) is 1.66. The highest BCUT2D eigenvalue weighted by molar-refractivity contribution is 9.10. The van der Waals surface area contributed by atoms with Crippen LogP contribution in [-0.2, 0) is 0 Å². The van der Waals surface area contributed by atoms with Gasteiger partial charge in [0.15, 0.2) is 0 Å². The minimum Gasteiger partial charge on any atom is -0.497 e. The third kappa shape index (κ3) is 5.34. The third-order valence-electron chi connectivity index (χ3n) is 3.47. The molecular weight excluding hydrogens is 400 g/mol. The molecule has 3 aromatic carbocycles. The van der Waals surface area contributed by atoms with E-state index in [1.54, 1.807) is 7.11 Å². The van der Waals surface area contributed by atoms with Crippen LogP contribution >= 0.6 is 28.3 Å². The van der Waals surface area contributed by atoms with E-state index in [1.807, 2.05) is 78.9 Å². The number of hydrogen-bond acceptors (Lipinski definition) is 2. The van der Waals surface area contributed by atoms with E-state index in [-0.39, 0.29) is 12.4 Å². The van der Waals surface area contributed by atoms with E-state index in [2.05, 4.69) is 21.2 Å². The Balaban J connectivity index is 0.00000225. The quantitative estimate of drug-likeness (QED) is 0.413. The zero-order chi connectivity index (χ0) is 16.8. The average Bonchev–Trinajstić information content (AvgIpc) is 2.64. The first-order valence-corrected chi connectivity index (χ1v) is 8.34. The molecule has 0 aliphatic rings. The molecule has 5 heteroatoms. The fourth-order valence-electron chi connectivity index (χ4n) is 2.22. The number of rotatable bonds is 4. The maximum atomic E-state index is 5.23. The van der Waals surface area contributed by atoms with Crippen molar-refractivity contribution in [2.45, 2.75) is 0 Å². The van der Waals surface area contributed by atoms with Gasteiger partial charge in [0.1, 0.15) is 11.6 Å². The molecular formula is C20H18BrClN2O. The van der Waals surface area contributed by atoms with Crippen LogP contribution in [0.3, 0.4) is 0 Å². The molecule has 25 heavy (non-hydrogen) atoms. The Hall–Kier alpha value is -2.30. The first kappa shape index (κ1) is 19.0. The van der Waals surface area contributed by atoms with Crippen molar-refractivity contribution in [3.63, 3.8) is 0 Å². The second-order valence-corrected chi connectivity index (χ2v) is 6.07. The molecule has 0 amide bonds. The normalized spacial score (nSPS) is 10.7. The lowest BCUT2D eigenvalue weighted by molar-refractivity contribution is 0.415. The van der Waals surface area contributed by atoms with Gasteiger partial charge >= 0.3 is 0 Å². The lowest BCUT2D eigenvalue weighted by Crippen LogP contribution is -2.13. The zero-order valence-corrected chi connectivity index (χ0v) is 16.0. The van der Waals surface area contributed by atoms with Crippen molar-refractivity contribution in [2.24, 2.45) is 4.99 Å². The highest BCUT2D eigenvalue weighted by Gasteiger charge is 2.05. The van der Waals surface area contributed by atoms with E-state index < -0.39 is 0 Å². The summed E-state index contributed by atoms with van der Waals surface area (Å²) < 4.78 is 6.26. The Labute approximate surface area is 162 Å². The monoisotopic (exact) mass is 416 g/mol. The van der Waals surface area contributed by atoms with Crippen molar-refractivity contribution < 1.29 is 4.74 Å². The highest BCUT2D eigenvalue weighted by atomic mass is 79.9. The fraction of sp³-hybridized carbons (Fsp3) is 0.0500. The molecule has 0 spiro atoms. The van der Waals surface area contributed by atoms with Crippen LogP contribution in [0, 0.1) is 0 Å². The molecule has 0 aromatic heterocycles. The second-order valence-electron chi connectivity index (χ2n) is 5.16. The molecule has 0 heterocycles. The van der Waals surface area contributed by atoms with Crippen LogP contribution in [0.1, 0.15) is 5.56 Å². The van der Waals surface area contributed by atoms with Crippen molar-refractivity contribution in [3.05, 3.63) is 88.9 Å². The molecule has 0 fully saturated rings. The first-order valence-electron chi connectivity index (χ1n) is 7.55. The standard InChI is InChI=1S/C20H17BrN2O.ClH/c1-24-19-13-7-15(8-14-19)20(22-17-5-3-2-4-6-17)23-18-11-9-16(21)10-12-18;/h2-14H,1H3,(H,22,23);1H. The van der Waals surface area contributed by atoms with Crippen LogP contribution in [0.15, 0.2) is 88.3 Å². The molecule has 0 aliphatic heterocycles. The van der Waals surface area contributed by atoms with Gasteiger partial charge in [-0.3, -0.25) is 0 Å². The van der Waals surface area contributed by atoms with Gasteiger partial charge in [0.2, 0.25) is 0 Å². The summed E-state index contributed by atoms with van der Waals surface area (Å²) in [6.45, 7) is 0. The van der Waals surface area contributed by atoms with Gasteiger partial charge in [-0.05, 0) is 60.7 Å². The van der Waals surface area contributed by atoms with Crippen molar-refractivity contribution in [1.82, 2.24) is 0 Å². The first-order chi connectivity index (χ1) is 11.7. The molecule has 3 rings (SSSR count). The Morgan fingerprint density at radius 3 is 2.12 bits per heavy atom. The van der Waals surface area contributed by atoms with E-state index in [0.29, 0.717) is 0 Å². The second kappa shape index (κ2) is 9.25. The number of para-hydroxylation sites is 1. The molecule has 0 unspecified atom stereocenters. The van der Waals surface area contributed by atoms with Crippen LogP contribution in [0.5, 0.6) is 5.75 Å². The van der Waals surface area contributed by atoms with Gasteiger partial charge in [0.25, 0.3) is 0 Å². The van der Waals surface area contributed by atoms with Gasteiger partial charge in [0, 0.05) is 15.7 Å². The zero-order valence-electron chi connectivity index (χ0n) is 13.6. The summed E-state index contributed by atoms with van der Waals surface area (Å²) >= 11 is 3.45. The van der Waals surface area contributed by atoms with Crippen LogP contribution < -0.4 is 10.1 Å². The minimum absolute atomic E-state index is 0. The summed E-state index contributed by atoms with van der Waals surface area (Å²) in [5, 5.41) is 3.39. The van der Waals surface area contributed by atoms with Crippen molar-refractivity contribution in [3.8, 4) is 5.75 Å². The number of amidine groups is 1. The Bertz CT molecular complexity index is 819. The summed E-state index contributed by atoms with van der Waals surface area (Å²) in [4.78, 5) is 4.76. The number of benzene rings is 3. The van der Waals surface area contributed by atoms with Crippen LogP contribution in [0.25, 0.3) is 0 Å². The fourth-order valence-corrected chi connectivity index (χ4v) is 2.48. The SMILES string of the molecule is COc1ccc(C(=Nc2ccc(Br)cc2)Nc2ccccc2)cc1.Cl. The van der Waals surface area contributed by atoms with Crippen LogP contribution in [-0.4, -0.2) is 12.9 Å². The molecule has 3 nitrogen and oxygen atoms in total. The molecule has 0 saturated heterocycles. The van der Waals surface area contributed by atoms with Gasteiger partial charge in [-0.1, -0.05) is 34.1 Å². The Kier molecular flexibility index (Phi) is 7.04. The lowest BCUT2D eigenvalue weighted by Gasteiger charge is -2.11. The van der Waals surface area contributed by atoms with Gasteiger partial charge < -0.3 is 10.1 Å². The predicted octanol–water partition coefficient (Wildman–Crippen LogP) is 6.07. The van der Waals surface area contributed by atoms with Gasteiger partial charge in [0.05, 0.1) is 12.8 Å². The Morgan fingerprint density at radius 1 is 0.880 bits per heavy atom. The maximum Gasteiger partial charge on any atom is 0.138 e. The molecule has 0 saturated carbocycles. The number of ether oxygens (including phenoxy) is 1.